The highest BCUT2D eigenvalue weighted by atomic mass is 16.5. The second kappa shape index (κ2) is 7.00. The molecule has 1 fully saturated rings. The Morgan fingerprint density at radius 3 is 2.91 bits per heavy atom. The lowest BCUT2D eigenvalue weighted by Gasteiger charge is -2.30. The summed E-state index contributed by atoms with van der Waals surface area (Å²) in [5, 5.41) is 2.78. The number of carbonyl (C=O) groups is 2. The normalized spacial score (nSPS) is 17.5. The molecule has 23 heavy (non-hydrogen) atoms. The van der Waals surface area contributed by atoms with Crippen LogP contribution in [0.3, 0.4) is 0 Å². The van der Waals surface area contributed by atoms with Gasteiger partial charge in [-0.15, -0.1) is 0 Å². The van der Waals surface area contributed by atoms with Crippen molar-refractivity contribution < 1.29 is 19.1 Å². The van der Waals surface area contributed by atoms with Gasteiger partial charge in [-0.25, -0.2) is 0 Å². The first-order valence-electron chi connectivity index (χ1n) is 8.00. The number of ether oxygens (including phenoxy) is 2. The third kappa shape index (κ3) is 3.64. The van der Waals surface area contributed by atoms with E-state index in [1.807, 2.05) is 17.0 Å². The minimum absolute atomic E-state index is 0.0138. The van der Waals surface area contributed by atoms with Crippen LogP contribution in [-0.2, 0) is 20.9 Å². The number of anilines is 1. The predicted molar refractivity (Wildman–Crippen MR) is 85.2 cm³/mol. The van der Waals surface area contributed by atoms with E-state index in [1.54, 1.807) is 6.07 Å². The summed E-state index contributed by atoms with van der Waals surface area (Å²) in [5.41, 5.74) is 1.61. The minimum Gasteiger partial charge on any atom is -0.491 e. The van der Waals surface area contributed by atoms with Crippen LogP contribution in [-0.4, -0.2) is 43.6 Å². The van der Waals surface area contributed by atoms with Crippen molar-refractivity contribution >= 4 is 17.5 Å². The van der Waals surface area contributed by atoms with Gasteiger partial charge < -0.3 is 19.7 Å². The van der Waals surface area contributed by atoms with E-state index in [0.29, 0.717) is 25.4 Å². The molecule has 1 heterocycles. The van der Waals surface area contributed by atoms with E-state index in [0.717, 1.165) is 30.6 Å². The van der Waals surface area contributed by atoms with E-state index < -0.39 is 0 Å². The number of hydrogen-bond acceptors (Lipinski definition) is 4. The highest BCUT2D eigenvalue weighted by Gasteiger charge is 2.30. The molecule has 0 aromatic heterocycles. The van der Waals surface area contributed by atoms with Crippen LogP contribution < -0.4 is 10.1 Å². The molecule has 0 saturated heterocycles. The molecule has 3 rings (SSSR count). The third-order valence-corrected chi connectivity index (χ3v) is 4.37. The Morgan fingerprint density at radius 1 is 1.39 bits per heavy atom. The lowest BCUT2D eigenvalue weighted by atomic mass is 9.84. The Balaban J connectivity index is 1.73. The fourth-order valence-corrected chi connectivity index (χ4v) is 2.90. The second-order valence-corrected chi connectivity index (χ2v) is 6.04. The van der Waals surface area contributed by atoms with E-state index in [9.17, 15) is 9.59 Å². The van der Waals surface area contributed by atoms with Crippen molar-refractivity contribution in [1.82, 2.24) is 4.90 Å². The summed E-state index contributed by atoms with van der Waals surface area (Å²) in [7, 11) is 1.48. The van der Waals surface area contributed by atoms with E-state index >= 15 is 0 Å². The molecule has 1 aliphatic heterocycles. The monoisotopic (exact) mass is 318 g/mol. The van der Waals surface area contributed by atoms with Gasteiger partial charge in [-0.05, 0) is 31.0 Å². The zero-order valence-corrected chi connectivity index (χ0v) is 13.3. The molecule has 6 nitrogen and oxygen atoms in total. The molecule has 0 atom stereocenters. The molecule has 1 N–H and O–H groups in total. The Kier molecular flexibility index (Phi) is 4.81. The maximum absolute atomic E-state index is 12.5. The quantitative estimate of drug-likeness (QED) is 0.919. The van der Waals surface area contributed by atoms with Crippen molar-refractivity contribution in [2.45, 2.75) is 25.8 Å². The fraction of sp³-hybridized carbons (Fsp3) is 0.529. The second-order valence-electron chi connectivity index (χ2n) is 6.04. The molecule has 0 bridgehead atoms. The number of amides is 2. The summed E-state index contributed by atoms with van der Waals surface area (Å²) in [6, 6.07) is 5.51. The molecule has 1 saturated carbocycles. The number of carbonyl (C=O) groups excluding carboxylic acids is 2. The molecule has 1 aromatic carbocycles. The van der Waals surface area contributed by atoms with Gasteiger partial charge in [0.2, 0.25) is 11.8 Å². The summed E-state index contributed by atoms with van der Waals surface area (Å²) < 4.78 is 10.5. The Bertz CT molecular complexity index is 598. The van der Waals surface area contributed by atoms with Crippen LogP contribution in [0.2, 0.25) is 0 Å². The van der Waals surface area contributed by atoms with Crippen molar-refractivity contribution in [2.24, 2.45) is 5.92 Å². The van der Waals surface area contributed by atoms with Crippen molar-refractivity contribution in [3.63, 3.8) is 0 Å². The van der Waals surface area contributed by atoms with Crippen molar-refractivity contribution in [3.8, 4) is 5.75 Å². The molecule has 0 radical (unpaired) electrons. The summed E-state index contributed by atoms with van der Waals surface area (Å²) in [6.07, 6.45) is 3.14. The predicted octanol–water partition coefficient (Wildman–Crippen LogP) is 1.79. The number of fused-ring (bicyclic) bond motifs is 1. The Hall–Kier alpha value is -2.08. The zero-order valence-electron chi connectivity index (χ0n) is 13.3. The van der Waals surface area contributed by atoms with Crippen LogP contribution in [0.4, 0.5) is 5.69 Å². The molecular formula is C17H22N2O4. The average Bonchev–Trinajstić information content (AvgIpc) is 2.67. The van der Waals surface area contributed by atoms with Crippen LogP contribution in [0.1, 0.15) is 24.8 Å². The topological polar surface area (TPSA) is 67.9 Å². The fourth-order valence-electron chi connectivity index (χ4n) is 2.90. The van der Waals surface area contributed by atoms with Gasteiger partial charge in [-0.2, -0.15) is 0 Å². The number of methoxy groups -OCH3 is 1. The number of nitrogens with one attached hydrogen (secondary N) is 1. The summed E-state index contributed by atoms with van der Waals surface area (Å²) in [6.45, 7) is 1.65. The van der Waals surface area contributed by atoms with Crippen molar-refractivity contribution in [2.75, 3.05) is 32.2 Å². The minimum atomic E-state index is -0.204. The van der Waals surface area contributed by atoms with Gasteiger partial charge in [0.25, 0.3) is 0 Å². The lowest BCUT2D eigenvalue weighted by Crippen LogP contribution is -2.39. The lowest BCUT2D eigenvalue weighted by molar-refractivity contribution is -0.138. The van der Waals surface area contributed by atoms with Gasteiger partial charge >= 0.3 is 0 Å². The van der Waals surface area contributed by atoms with E-state index in [1.165, 1.54) is 7.11 Å². The average molecular weight is 318 g/mol. The third-order valence-electron chi connectivity index (χ3n) is 4.37. The molecular weight excluding hydrogens is 296 g/mol. The van der Waals surface area contributed by atoms with E-state index in [-0.39, 0.29) is 24.3 Å². The van der Waals surface area contributed by atoms with Gasteiger partial charge in [0.15, 0.2) is 0 Å². The Labute approximate surface area is 135 Å². The molecule has 1 aromatic rings. The summed E-state index contributed by atoms with van der Waals surface area (Å²) in [5.74, 6) is 0.978. The number of benzene rings is 1. The standard InChI is InChI=1S/C17H22N2O4/c1-22-11-16(20)18-14-5-6-15-13(9-14)10-19(7-8-23-15)17(21)12-3-2-4-12/h5-6,9,12H,2-4,7-8,10-11H2,1H3,(H,18,20). The molecule has 0 unspecified atom stereocenters. The maximum Gasteiger partial charge on any atom is 0.250 e. The zero-order chi connectivity index (χ0) is 16.2. The first-order valence-corrected chi connectivity index (χ1v) is 8.00. The van der Waals surface area contributed by atoms with Gasteiger partial charge in [0, 0.05) is 30.8 Å². The summed E-state index contributed by atoms with van der Waals surface area (Å²) in [4.78, 5) is 26.0. The molecule has 1 aliphatic carbocycles. The maximum atomic E-state index is 12.5. The van der Waals surface area contributed by atoms with Gasteiger partial charge in [0.1, 0.15) is 19.0 Å². The van der Waals surface area contributed by atoms with Gasteiger partial charge in [-0.1, -0.05) is 6.42 Å². The summed E-state index contributed by atoms with van der Waals surface area (Å²) >= 11 is 0. The van der Waals surface area contributed by atoms with Crippen LogP contribution in [0.25, 0.3) is 0 Å². The van der Waals surface area contributed by atoms with Crippen molar-refractivity contribution in [1.29, 1.82) is 0 Å². The van der Waals surface area contributed by atoms with Gasteiger partial charge in [-0.3, -0.25) is 9.59 Å². The molecule has 0 spiro atoms. The Morgan fingerprint density at radius 2 is 2.22 bits per heavy atom. The smallest absolute Gasteiger partial charge is 0.250 e. The number of nitrogens with zero attached hydrogens (tertiary/aromatic N) is 1. The van der Waals surface area contributed by atoms with Crippen LogP contribution in [0.15, 0.2) is 18.2 Å². The molecule has 2 amide bonds. The van der Waals surface area contributed by atoms with Gasteiger partial charge in [0.05, 0.1) is 6.54 Å². The molecule has 6 heteroatoms. The number of rotatable bonds is 4. The SMILES string of the molecule is COCC(=O)Nc1ccc2c(c1)CN(C(=O)C1CCC1)CCO2. The highest BCUT2D eigenvalue weighted by Crippen LogP contribution is 2.31. The first-order chi connectivity index (χ1) is 11.2. The van der Waals surface area contributed by atoms with E-state index in [2.05, 4.69) is 5.32 Å². The molecule has 2 aliphatic rings. The molecule has 124 valence electrons. The highest BCUT2D eigenvalue weighted by molar-refractivity contribution is 5.91. The van der Waals surface area contributed by atoms with Crippen molar-refractivity contribution in [3.05, 3.63) is 23.8 Å². The first kappa shape index (κ1) is 15.8. The van der Waals surface area contributed by atoms with Crippen LogP contribution in [0, 0.1) is 5.92 Å². The largest absolute Gasteiger partial charge is 0.491 e. The number of hydrogen-bond donors (Lipinski definition) is 1. The van der Waals surface area contributed by atoms with Crippen LogP contribution >= 0.6 is 0 Å². The van der Waals surface area contributed by atoms with Crippen LogP contribution in [0.5, 0.6) is 5.75 Å². The van der Waals surface area contributed by atoms with E-state index in [4.69, 9.17) is 9.47 Å².